The molecule has 1 aromatic carbocycles. The molecule has 3 rings (SSSR count). The monoisotopic (exact) mass is 326 g/mol. The molecule has 0 unspecified atom stereocenters. The van der Waals surface area contributed by atoms with Gasteiger partial charge in [0.25, 0.3) is 0 Å². The number of hydrogen-bond acceptors (Lipinski definition) is 4. The molecule has 2 heterocycles. The third kappa shape index (κ3) is 2.89. The van der Waals surface area contributed by atoms with Gasteiger partial charge >= 0.3 is 0 Å². The largest absolute Gasteiger partial charge is 0.358 e. The van der Waals surface area contributed by atoms with Gasteiger partial charge in [0.1, 0.15) is 12.4 Å². The Morgan fingerprint density at radius 1 is 1.33 bits per heavy atom. The van der Waals surface area contributed by atoms with Crippen LogP contribution in [0.2, 0.25) is 0 Å². The second-order valence-corrected chi connectivity index (χ2v) is 6.17. The topological polar surface area (TPSA) is 88.5 Å². The molecule has 0 saturated carbocycles. The maximum Gasteiger partial charge on any atom is 0.244 e. The number of benzene rings is 1. The zero-order chi connectivity index (χ0) is 17.3. The Bertz CT molecular complexity index is 865. The molecule has 0 spiro atoms. The highest BCUT2D eigenvalue weighted by molar-refractivity contribution is 5.88. The molecule has 0 aliphatic rings. The highest BCUT2D eigenvalue weighted by atomic mass is 16.2. The number of fused-ring (bicyclic) bond motifs is 1. The number of aromatic nitrogens is 5. The van der Waals surface area contributed by atoms with E-state index in [0.717, 1.165) is 12.1 Å². The van der Waals surface area contributed by atoms with Crippen molar-refractivity contribution in [2.45, 2.75) is 40.2 Å². The fourth-order valence-electron chi connectivity index (χ4n) is 2.94. The van der Waals surface area contributed by atoms with Crippen LogP contribution >= 0.6 is 0 Å². The molecular formula is C17H22N6O. The zero-order valence-electron chi connectivity index (χ0n) is 14.4. The fourth-order valence-corrected chi connectivity index (χ4v) is 2.94. The Balaban J connectivity index is 1.69. The van der Waals surface area contributed by atoms with E-state index in [1.807, 2.05) is 0 Å². The van der Waals surface area contributed by atoms with Gasteiger partial charge in [0.05, 0.1) is 0 Å². The minimum Gasteiger partial charge on any atom is -0.358 e. The van der Waals surface area contributed by atoms with E-state index in [9.17, 15) is 4.79 Å². The first-order chi connectivity index (χ1) is 11.5. The van der Waals surface area contributed by atoms with Gasteiger partial charge in [-0.3, -0.25) is 4.79 Å². The Morgan fingerprint density at radius 2 is 2.12 bits per heavy atom. The highest BCUT2D eigenvalue weighted by Crippen LogP contribution is 2.26. The molecule has 0 radical (unpaired) electrons. The summed E-state index contributed by atoms with van der Waals surface area (Å²) in [6.45, 7) is 8.68. The van der Waals surface area contributed by atoms with Crippen molar-refractivity contribution < 1.29 is 4.79 Å². The predicted molar refractivity (Wildman–Crippen MR) is 91.8 cm³/mol. The molecule has 7 heteroatoms. The van der Waals surface area contributed by atoms with Crippen LogP contribution in [0.3, 0.4) is 0 Å². The summed E-state index contributed by atoms with van der Waals surface area (Å²) in [5.41, 5.74) is 6.15. The number of hydrogen-bond donors (Lipinski definition) is 2. The summed E-state index contributed by atoms with van der Waals surface area (Å²) in [6, 6.07) is 3.88. The Hall–Kier alpha value is -2.70. The lowest BCUT2D eigenvalue weighted by atomic mass is 10.0. The van der Waals surface area contributed by atoms with E-state index < -0.39 is 6.04 Å². The SMILES string of the molecule is Cc1ccc2c(CCNC(=O)[C@H](C)n3cnnn3)c(C)[nH]c2c1C. The summed E-state index contributed by atoms with van der Waals surface area (Å²) in [7, 11) is 0. The number of aromatic amines is 1. The average Bonchev–Trinajstić information content (AvgIpc) is 3.19. The maximum atomic E-state index is 12.2. The van der Waals surface area contributed by atoms with E-state index >= 15 is 0 Å². The molecule has 0 bridgehead atoms. The van der Waals surface area contributed by atoms with Gasteiger partial charge in [-0.05, 0) is 61.2 Å². The van der Waals surface area contributed by atoms with Gasteiger partial charge < -0.3 is 10.3 Å². The van der Waals surface area contributed by atoms with Gasteiger partial charge in [-0.2, -0.15) is 0 Å². The first-order valence-electron chi connectivity index (χ1n) is 8.06. The van der Waals surface area contributed by atoms with Crippen molar-refractivity contribution in [1.29, 1.82) is 0 Å². The number of nitrogens with zero attached hydrogens (tertiary/aromatic N) is 4. The molecule has 2 aromatic heterocycles. The molecule has 0 fully saturated rings. The first kappa shape index (κ1) is 16.2. The molecule has 0 aliphatic carbocycles. The summed E-state index contributed by atoms with van der Waals surface area (Å²) in [5, 5.41) is 15.1. The molecular weight excluding hydrogens is 304 g/mol. The second-order valence-electron chi connectivity index (χ2n) is 6.17. The molecule has 2 N–H and O–H groups in total. The Labute approximate surface area is 140 Å². The number of H-pyrrole nitrogens is 1. The molecule has 1 atom stereocenters. The number of tetrazole rings is 1. The smallest absolute Gasteiger partial charge is 0.244 e. The van der Waals surface area contributed by atoms with Crippen molar-refractivity contribution >= 4 is 16.8 Å². The Morgan fingerprint density at radius 3 is 2.83 bits per heavy atom. The summed E-state index contributed by atoms with van der Waals surface area (Å²) in [4.78, 5) is 15.7. The molecule has 0 saturated heterocycles. The van der Waals surface area contributed by atoms with Crippen LogP contribution in [0.1, 0.15) is 35.3 Å². The van der Waals surface area contributed by atoms with Gasteiger partial charge in [-0.1, -0.05) is 12.1 Å². The van der Waals surface area contributed by atoms with Crippen molar-refractivity contribution in [3.05, 3.63) is 40.8 Å². The van der Waals surface area contributed by atoms with Crippen molar-refractivity contribution in [1.82, 2.24) is 30.5 Å². The fraction of sp³-hybridized carbons (Fsp3) is 0.412. The van der Waals surface area contributed by atoms with Crippen molar-refractivity contribution in [3.8, 4) is 0 Å². The number of carbonyl (C=O) groups excluding carboxylic acids is 1. The van der Waals surface area contributed by atoms with Crippen LogP contribution in [0.4, 0.5) is 0 Å². The number of amides is 1. The van der Waals surface area contributed by atoms with E-state index in [-0.39, 0.29) is 5.91 Å². The molecule has 7 nitrogen and oxygen atoms in total. The van der Waals surface area contributed by atoms with Crippen molar-refractivity contribution in [3.63, 3.8) is 0 Å². The molecule has 1 amide bonds. The van der Waals surface area contributed by atoms with Crippen LogP contribution in [0.15, 0.2) is 18.5 Å². The minimum absolute atomic E-state index is 0.0909. The highest BCUT2D eigenvalue weighted by Gasteiger charge is 2.16. The summed E-state index contributed by atoms with van der Waals surface area (Å²) >= 11 is 0. The van der Waals surface area contributed by atoms with Crippen LogP contribution < -0.4 is 5.32 Å². The third-order valence-corrected chi connectivity index (χ3v) is 4.64. The van der Waals surface area contributed by atoms with Crippen LogP contribution in [0.25, 0.3) is 10.9 Å². The number of nitrogens with one attached hydrogen (secondary N) is 2. The van der Waals surface area contributed by atoms with Gasteiger partial charge in [0.2, 0.25) is 5.91 Å². The lowest BCUT2D eigenvalue weighted by Gasteiger charge is -2.11. The first-order valence-corrected chi connectivity index (χ1v) is 8.06. The second kappa shape index (κ2) is 6.43. The normalized spacial score (nSPS) is 12.5. The number of carbonyl (C=O) groups is 1. The van der Waals surface area contributed by atoms with Gasteiger partial charge in [-0.15, -0.1) is 5.10 Å². The standard InChI is InChI=1S/C17H22N6O/c1-10-5-6-15-14(12(3)20-16(15)11(10)2)7-8-18-17(24)13(4)23-9-19-21-22-23/h5-6,9,13,20H,7-8H2,1-4H3,(H,18,24)/t13-/m0/s1. The van der Waals surface area contributed by atoms with Crippen LogP contribution in [-0.2, 0) is 11.2 Å². The predicted octanol–water partition coefficient (Wildman–Crippen LogP) is 2.00. The minimum atomic E-state index is -0.422. The average molecular weight is 326 g/mol. The lowest BCUT2D eigenvalue weighted by Crippen LogP contribution is -2.32. The van der Waals surface area contributed by atoms with Crippen molar-refractivity contribution in [2.24, 2.45) is 0 Å². The van der Waals surface area contributed by atoms with Crippen LogP contribution in [0, 0.1) is 20.8 Å². The quantitative estimate of drug-likeness (QED) is 0.750. The van der Waals surface area contributed by atoms with E-state index in [1.54, 1.807) is 6.92 Å². The van der Waals surface area contributed by atoms with Gasteiger partial charge in [0, 0.05) is 23.1 Å². The van der Waals surface area contributed by atoms with Gasteiger partial charge in [-0.25, -0.2) is 4.68 Å². The van der Waals surface area contributed by atoms with Crippen molar-refractivity contribution in [2.75, 3.05) is 6.54 Å². The molecule has 126 valence electrons. The summed E-state index contributed by atoms with van der Waals surface area (Å²) < 4.78 is 1.44. The molecule has 0 aliphatic heterocycles. The van der Waals surface area contributed by atoms with Crippen LogP contribution in [0.5, 0.6) is 0 Å². The van der Waals surface area contributed by atoms with E-state index in [4.69, 9.17) is 0 Å². The summed E-state index contributed by atoms with van der Waals surface area (Å²) in [6.07, 6.45) is 2.22. The van der Waals surface area contributed by atoms with E-state index in [2.05, 4.69) is 58.7 Å². The summed E-state index contributed by atoms with van der Waals surface area (Å²) in [5.74, 6) is -0.0909. The maximum absolute atomic E-state index is 12.2. The lowest BCUT2D eigenvalue weighted by molar-refractivity contribution is -0.124. The van der Waals surface area contributed by atoms with Gasteiger partial charge in [0.15, 0.2) is 0 Å². The van der Waals surface area contributed by atoms with E-state index in [0.29, 0.717) is 6.54 Å². The van der Waals surface area contributed by atoms with Crippen LogP contribution in [-0.4, -0.2) is 37.6 Å². The molecule has 3 aromatic rings. The zero-order valence-corrected chi connectivity index (χ0v) is 14.4. The molecule has 24 heavy (non-hydrogen) atoms. The number of rotatable bonds is 5. The Kier molecular flexibility index (Phi) is 4.33. The third-order valence-electron chi connectivity index (χ3n) is 4.64. The number of aryl methyl sites for hydroxylation is 3. The van der Waals surface area contributed by atoms with E-state index in [1.165, 1.54) is 38.6 Å².